The van der Waals surface area contributed by atoms with Gasteiger partial charge < -0.3 is 15.7 Å². The average Bonchev–Trinajstić information content (AvgIpc) is 2.64. The van der Waals surface area contributed by atoms with Gasteiger partial charge in [-0.2, -0.15) is 0 Å². The van der Waals surface area contributed by atoms with Gasteiger partial charge >= 0.3 is 0 Å². The third-order valence-electron chi connectivity index (χ3n) is 3.84. The number of carbonyl (C=O) groups excluding carboxylic acids is 2. The van der Waals surface area contributed by atoms with Gasteiger partial charge in [-0.25, -0.2) is 0 Å². The first-order chi connectivity index (χ1) is 7.41. The number of aliphatic hydroxyl groups excluding tert-OH is 1. The van der Waals surface area contributed by atoms with Crippen molar-refractivity contribution in [1.29, 1.82) is 0 Å². The fourth-order valence-corrected chi connectivity index (χ4v) is 2.23. The van der Waals surface area contributed by atoms with Gasteiger partial charge in [-0.3, -0.25) is 9.59 Å². The van der Waals surface area contributed by atoms with E-state index in [-0.39, 0.29) is 35.4 Å². The van der Waals surface area contributed by atoms with Crippen molar-refractivity contribution >= 4 is 11.8 Å². The second-order valence-electron chi connectivity index (χ2n) is 5.29. The molecule has 5 nitrogen and oxygen atoms in total. The predicted molar refractivity (Wildman–Crippen MR) is 57.5 cm³/mol. The van der Waals surface area contributed by atoms with Crippen molar-refractivity contribution in [3.05, 3.63) is 0 Å². The van der Waals surface area contributed by atoms with Crippen LogP contribution in [0.5, 0.6) is 0 Å². The van der Waals surface area contributed by atoms with Crippen molar-refractivity contribution in [3.8, 4) is 0 Å². The van der Waals surface area contributed by atoms with E-state index in [0.717, 1.165) is 0 Å². The maximum Gasteiger partial charge on any atom is 0.242 e. The summed E-state index contributed by atoms with van der Waals surface area (Å²) in [5.41, 5.74) is -0.266. The molecule has 2 rings (SSSR count). The fourth-order valence-electron chi connectivity index (χ4n) is 2.23. The normalized spacial score (nSPS) is 36.4. The molecule has 90 valence electrons. The molecule has 5 heteroatoms. The number of aliphatic hydroxyl groups is 1. The Kier molecular flexibility index (Phi) is 2.66. The molecule has 0 bridgehead atoms. The van der Waals surface area contributed by atoms with E-state index in [0.29, 0.717) is 19.3 Å². The highest BCUT2D eigenvalue weighted by atomic mass is 16.3. The molecule has 1 aliphatic heterocycles. The molecule has 0 radical (unpaired) electrons. The van der Waals surface area contributed by atoms with Crippen LogP contribution in [0.4, 0.5) is 0 Å². The number of nitrogens with one attached hydrogen (secondary N) is 2. The van der Waals surface area contributed by atoms with Crippen LogP contribution in [-0.2, 0) is 9.59 Å². The van der Waals surface area contributed by atoms with Gasteiger partial charge in [0.2, 0.25) is 11.8 Å². The van der Waals surface area contributed by atoms with E-state index in [9.17, 15) is 14.7 Å². The molecule has 1 heterocycles. The van der Waals surface area contributed by atoms with E-state index in [1.165, 1.54) is 0 Å². The minimum absolute atomic E-state index is 0.00695. The number of carbonyl (C=O) groups is 2. The Hall–Kier alpha value is -1.10. The Morgan fingerprint density at radius 3 is 2.69 bits per heavy atom. The molecular formula is C11H18N2O3. The SMILES string of the molecule is CC1(C)C(O)CC1NC(=O)C1CCC(=O)N1. The molecule has 2 amide bonds. The molecule has 2 fully saturated rings. The van der Waals surface area contributed by atoms with Gasteiger partial charge in [-0.15, -0.1) is 0 Å². The van der Waals surface area contributed by atoms with Gasteiger partial charge in [0.1, 0.15) is 6.04 Å². The van der Waals surface area contributed by atoms with Crippen LogP contribution in [-0.4, -0.2) is 35.1 Å². The van der Waals surface area contributed by atoms with Crippen LogP contribution in [0.15, 0.2) is 0 Å². The summed E-state index contributed by atoms with van der Waals surface area (Å²) in [6.45, 7) is 3.86. The molecule has 2 aliphatic rings. The molecule has 1 saturated heterocycles. The van der Waals surface area contributed by atoms with Crippen molar-refractivity contribution in [2.45, 2.75) is 51.3 Å². The molecule has 16 heavy (non-hydrogen) atoms. The third-order valence-corrected chi connectivity index (χ3v) is 3.84. The minimum atomic E-state index is -0.388. The quantitative estimate of drug-likeness (QED) is 0.596. The highest BCUT2D eigenvalue weighted by Gasteiger charge is 2.48. The standard InChI is InChI=1S/C11H18N2O3/c1-11(2)7(5-8(11)14)13-10(16)6-3-4-9(15)12-6/h6-8,14H,3-5H2,1-2H3,(H,12,15)(H,13,16). The van der Waals surface area contributed by atoms with Gasteiger partial charge in [0.25, 0.3) is 0 Å². The van der Waals surface area contributed by atoms with Gasteiger partial charge in [0.05, 0.1) is 6.10 Å². The Balaban J connectivity index is 1.87. The first-order valence-electron chi connectivity index (χ1n) is 5.69. The van der Waals surface area contributed by atoms with Crippen molar-refractivity contribution in [1.82, 2.24) is 10.6 Å². The Morgan fingerprint density at radius 2 is 2.25 bits per heavy atom. The van der Waals surface area contributed by atoms with Crippen molar-refractivity contribution in [3.63, 3.8) is 0 Å². The molecule has 0 spiro atoms. The molecule has 1 aliphatic carbocycles. The molecule has 0 aromatic heterocycles. The number of rotatable bonds is 2. The van der Waals surface area contributed by atoms with Gasteiger partial charge in [-0.05, 0) is 12.8 Å². The molecule has 1 saturated carbocycles. The van der Waals surface area contributed by atoms with E-state index in [1.54, 1.807) is 0 Å². The van der Waals surface area contributed by atoms with E-state index in [1.807, 2.05) is 13.8 Å². The first-order valence-corrected chi connectivity index (χ1v) is 5.69. The molecule has 3 N–H and O–H groups in total. The van der Waals surface area contributed by atoms with Crippen LogP contribution in [0.2, 0.25) is 0 Å². The zero-order valence-corrected chi connectivity index (χ0v) is 9.62. The average molecular weight is 226 g/mol. The summed E-state index contributed by atoms with van der Waals surface area (Å²) in [6, 6.07) is -0.381. The zero-order valence-electron chi connectivity index (χ0n) is 9.62. The van der Waals surface area contributed by atoms with Crippen LogP contribution in [0.1, 0.15) is 33.1 Å². The second kappa shape index (κ2) is 3.73. The summed E-state index contributed by atoms with van der Waals surface area (Å²) in [4.78, 5) is 22.8. The minimum Gasteiger partial charge on any atom is -0.392 e. The summed E-state index contributed by atoms with van der Waals surface area (Å²) in [5, 5.41) is 15.1. The second-order valence-corrected chi connectivity index (χ2v) is 5.29. The molecule has 3 unspecified atom stereocenters. The number of hydrogen-bond donors (Lipinski definition) is 3. The van der Waals surface area contributed by atoms with E-state index in [2.05, 4.69) is 10.6 Å². The number of hydrogen-bond acceptors (Lipinski definition) is 3. The maximum atomic E-state index is 11.8. The van der Waals surface area contributed by atoms with Crippen LogP contribution < -0.4 is 10.6 Å². The van der Waals surface area contributed by atoms with Crippen LogP contribution in [0.3, 0.4) is 0 Å². The summed E-state index contributed by atoms with van der Waals surface area (Å²) in [5.74, 6) is -0.191. The smallest absolute Gasteiger partial charge is 0.242 e. The third kappa shape index (κ3) is 1.80. The lowest BCUT2D eigenvalue weighted by molar-refractivity contribution is -0.132. The predicted octanol–water partition coefficient (Wildman–Crippen LogP) is -0.459. The Labute approximate surface area is 94.6 Å². The van der Waals surface area contributed by atoms with Crippen molar-refractivity contribution in [2.75, 3.05) is 0 Å². The number of amides is 2. The summed E-state index contributed by atoms with van der Waals surface area (Å²) < 4.78 is 0. The lowest BCUT2D eigenvalue weighted by atomic mass is 9.64. The Morgan fingerprint density at radius 1 is 1.56 bits per heavy atom. The molecule has 3 atom stereocenters. The maximum absolute atomic E-state index is 11.8. The summed E-state index contributed by atoms with van der Waals surface area (Å²) in [6.07, 6.45) is 1.24. The highest BCUT2D eigenvalue weighted by Crippen LogP contribution is 2.40. The first kappa shape index (κ1) is 11.4. The van der Waals surface area contributed by atoms with Crippen molar-refractivity contribution in [2.24, 2.45) is 5.41 Å². The van der Waals surface area contributed by atoms with Gasteiger partial charge in [0.15, 0.2) is 0 Å². The largest absolute Gasteiger partial charge is 0.392 e. The summed E-state index contributed by atoms with van der Waals surface area (Å²) >= 11 is 0. The van der Waals surface area contributed by atoms with Gasteiger partial charge in [-0.1, -0.05) is 13.8 Å². The van der Waals surface area contributed by atoms with Gasteiger partial charge in [0, 0.05) is 17.9 Å². The van der Waals surface area contributed by atoms with Crippen LogP contribution in [0, 0.1) is 5.41 Å². The lowest BCUT2D eigenvalue weighted by Crippen LogP contribution is -2.62. The Bertz CT molecular complexity index is 327. The topological polar surface area (TPSA) is 78.4 Å². The highest BCUT2D eigenvalue weighted by molar-refractivity contribution is 5.91. The summed E-state index contributed by atoms with van der Waals surface area (Å²) in [7, 11) is 0. The molecule has 0 aromatic carbocycles. The lowest BCUT2D eigenvalue weighted by Gasteiger charge is -2.49. The van der Waals surface area contributed by atoms with E-state index >= 15 is 0 Å². The van der Waals surface area contributed by atoms with E-state index < -0.39 is 0 Å². The monoisotopic (exact) mass is 226 g/mol. The zero-order chi connectivity index (χ0) is 11.9. The van der Waals surface area contributed by atoms with Crippen LogP contribution >= 0.6 is 0 Å². The molecule has 0 aromatic rings. The van der Waals surface area contributed by atoms with Crippen molar-refractivity contribution < 1.29 is 14.7 Å². The fraction of sp³-hybridized carbons (Fsp3) is 0.818. The van der Waals surface area contributed by atoms with Crippen LogP contribution in [0.25, 0.3) is 0 Å². The molecular weight excluding hydrogens is 208 g/mol. The van der Waals surface area contributed by atoms with E-state index in [4.69, 9.17) is 0 Å².